The Labute approximate surface area is 143 Å². The molecule has 3 amide bonds. The highest BCUT2D eigenvalue weighted by atomic mass is 16.5. The number of carbonyl (C=O) groups is 4. The number of hydrogen-bond acceptors (Lipinski definition) is 5. The van der Waals surface area contributed by atoms with Crippen LogP contribution in [0.15, 0.2) is 0 Å². The first-order chi connectivity index (χ1) is 11.4. The molecule has 7 heteroatoms. The molecular formula is C17H28N2O5. The average molecular weight is 340 g/mol. The molecule has 0 bridgehead atoms. The monoisotopic (exact) mass is 340 g/mol. The van der Waals surface area contributed by atoms with Gasteiger partial charge in [-0.1, -0.05) is 26.7 Å². The van der Waals surface area contributed by atoms with Crippen LogP contribution in [-0.2, 0) is 23.9 Å². The van der Waals surface area contributed by atoms with E-state index < -0.39 is 5.97 Å². The Balaban J connectivity index is 2.03. The van der Waals surface area contributed by atoms with E-state index in [2.05, 4.69) is 19.2 Å². The van der Waals surface area contributed by atoms with Crippen molar-refractivity contribution in [2.75, 3.05) is 13.3 Å². The van der Waals surface area contributed by atoms with Gasteiger partial charge in [-0.15, -0.1) is 0 Å². The van der Waals surface area contributed by atoms with Crippen LogP contribution < -0.4 is 5.32 Å². The van der Waals surface area contributed by atoms with Crippen molar-refractivity contribution in [3.05, 3.63) is 0 Å². The molecule has 0 unspecified atom stereocenters. The Morgan fingerprint density at radius 3 is 2.38 bits per heavy atom. The summed E-state index contributed by atoms with van der Waals surface area (Å²) in [5, 5.41) is 2.83. The van der Waals surface area contributed by atoms with Gasteiger partial charge in [-0.2, -0.15) is 0 Å². The van der Waals surface area contributed by atoms with Crippen LogP contribution in [-0.4, -0.2) is 41.9 Å². The smallest absolute Gasteiger partial charge is 0.307 e. The molecule has 1 fully saturated rings. The molecule has 0 aliphatic carbocycles. The molecule has 1 aliphatic heterocycles. The Kier molecular flexibility index (Phi) is 9.04. The fourth-order valence-corrected chi connectivity index (χ4v) is 2.36. The van der Waals surface area contributed by atoms with Crippen molar-refractivity contribution in [1.29, 1.82) is 0 Å². The topological polar surface area (TPSA) is 92.8 Å². The van der Waals surface area contributed by atoms with Crippen LogP contribution in [0.1, 0.15) is 65.2 Å². The summed E-state index contributed by atoms with van der Waals surface area (Å²) in [4.78, 5) is 46.8. The highest BCUT2D eigenvalue weighted by Crippen LogP contribution is 2.11. The lowest BCUT2D eigenvalue weighted by molar-refractivity contribution is -0.155. The van der Waals surface area contributed by atoms with Gasteiger partial charge in [-0.3, -0.25) is 19.2 Å². The minimum absolute atomic E-state index is 0.0720. The summed E-state index contributed by atoms with van der Waals surface area (Å²) >= 11 is 0. The Hall–Kier alpha value is -1.92. The number of hydrogen-bond donors (Lipinski definition) is 1. The summed E-state index contributed by atoms with van der Waals surface area (Å²) in [6.07, 6.45) is 4.31. The van der Waals surface area contributed by atoms with Crippen molar-refractivity contribution >= 4 is 23.7 Å². The zero-order valence-electron chi connectivity index (χ0n) is 14.6. The van der Waals surface area contributed by atoms with Crippen LogP contribution >= 0.6 is 0 Å². The minimum atomic E-state index is -0.507. The number of carbonyl (C=O) groups excluding carboxylic acids is 4. The number of unbranched alkanes of at least 4 members (excludes halogenated alkanes) is 1. The zero-order valence-corrected chi connectivity index (χ0v) is 14.6. The molecule has 0 aromatic rings. The standard InChI is InChI=1S/C17H28N2O5/c1-13(2)6-3-4-11-18-14(20)7-5-8-17(23)24-12-19-15(21)9-10-16(19)22/h13H,3-12H2,1-2H3,(H,18,20). The average Bonchev–Trinajstić information content (AvgIpc) is 2.83. The third-order valence-electron chi connectivity index (χ3n) is 3.82. The molecule has 136 valence electrons. The minimum Gasteiger partial charge on any atom is -0.444 e. The maximum atomic E-state index is 11.6. The van der Waals surface area contributed by atoms with Gasteiger partial charge in [0.25, 0.3) is 0 Å². The highest BCUT2D eigenvalue weighted by Gasteiger charge is 2.29. The summed E-state index contributed by atoms with van der Waals surface area (Å²) in [6.45, 7) is 4.69. The molecule has 0 spiro atoms. The van der Waals surface area contributed by atoms with E-state index in [1.54, 1.807) is 0 Å². The van der Waals surface area contributed by atoms with E-state index in [0.717, 1.165) is 24.2 Å². The van der Waals surface area contributed by atoms with Gasteiger partial charge in [0.1, 0.15) is 0 Å². The predicted molar refractivity (Wildman–Crippen MR) is 87.6 cm³/mol. The number of ether oxygens (including phenoxy) is 1. The molecule has 7 nitrogen and oxygen atoms in total. The third kappa shape index (κ3) is 8.08. The maximum absolute atomic E-state index is 11.6. The van der Waals surface area contributed by atoms with Gasteiger partial charge in [-0.25, -0.2) is 4.90 Å². The second kappa shape index (κ2) is 10.8. The summed E-state index contributed by atoms with van der Waals surface area (Å²) in [6, 6.07) is 0. The van der Waals surface area contributed by atoms with Gasteiger partial charge in [0.15, 0.2) is 6.73 Å². The van der Waals surface area contributed by atoms with E-state index in [1.807, 2.05) is 0 Å². The fraction of sp³-hybridized carbons (Fsp3) is 0.765. The van der Waals surface area contributed by atoms with Gasteiger partial charge in [0.2, 0.25) is 17.7 Å². The number of nitrogens with zero attached hydrogens (tertiary/aromatic N) is 1. The van der Waals surface area contributed by atoms with Crippen molar-refractivity contribution in [3.8, 4) is 0 Å². The zero-order chi connectivity index (χ0) is 17.9. The lowest BCUT2D eigenvalue weighted by atomic mass is 10.1. The fourth-order valence-electron chi connectivity index (χ4n) is 2.36. The highest BCUT2D eigenvalue weighted by molar-refractivity contribution is 6.01. The summed E-state index contributed by atoms with van der Waals surface area (Å²) in [5.74, 6) is -0.531. The number of esters is 1. The number of amides is 3. The number of rotatable bonds is 11. The molecule has 24 heavy (non-hydrogen) atoms. The molecular weight excluding hydrogens is 312 g/mol. The van der Waals surface area contributed by atoms with Crippen LogP contribution in [0.3, 0.4) is 0 Å². The van der Waals surface area contributed by atoms with Gasteiger partial charge in [0, 0.05) is 32.2 Å². The summed E-state index contributed by atoms with van der Waals surface area (Å²) < 4.78 is 4.90. The van der Waals surface area contributed by atoms with E-state index in [9.17, 15) is 19.2 Å². The molecule has 1 N–H and O–H groups in total. The van der Waals surface area contributed by atoms with Crippen LogP contribution in [0.4, 0.5) is 0 Å². The maximum Gasteiger partial charge on any atom is 0.307 e. The van der Waals surface area contributed by atoms with Crippen LogP contribution in [0.5, 0.6) is 0 Å². The number of likely N-dealkylation sites (tertiary alicyclic amines) is 1. The first kappa shape index (κ1) is 20.1. The van der Waals surface area contributed by atoms with E-state index in [1.165, 1.54) is 0 Å². The molecule has 0 aromatic heterocycles. The summed E-state index contributed by atoms with van der Waals surface area (Å²) in [5.41, 5.74) is 0. The molecule has 0 aromatic carbocycles. The Morgan fingerprint density at radius 1 is 1.08 bits per heavy atom. The van der Waals surface area contributed by atoms with E-state index in [-0.39, 0.29) is 50.1 Å². The molecule has 1 heterocycles. The van der Waals surface area contributed by atoms with Crippen molar-refractivity contribution in [3.63, 3.8) is 0 Å². The van der Waals surface area contributed by atoms with Gasteiger partial charge >= 0.3 is 5.97 Å². The first-order valence-electron chi connectivity index (χ1n) is 8.65. The molecule has 1 rings (SSSR count). The molecule has 0 saturated carbocycles. The van der Waals surface area contributed by atoms with Crippen LogP contribution in [0.25, 0.3) is 0 Å². The molecule has 0 radical (unpaired) electrons. The Morgan fingerprint density at radius 2 is 1.75 bits per heavy atom. The quantitative estimate of drug-likeness (QED) is 0.351. The predicted octanol–water partition coefficient (Wildman–Crippen LogP) is 1.75. The van der Waals surface area contributed by atoms with Crippen LogP contribution in [0.2, 0.25) is 0 Å². The number of imide groups is 1. The van der Waals surface area contributed by atoms with Gasteiger partial charge in [-0.05, 0) is 18.8 Å². The SMILES string of the molecule is CC(C)CCCCNC(=O)CCCC(=O)OCN1C(=O)CCC1=O. The van der Waals surface area contributed by atoms with E-state index in [4.69, 9.17) is 4.74 Å². The van der Waals surface area contributed by atoms with Crippen molar-refractivity contribution in [1.82, 2.24) is 10.2 Å². The molecule has 1 aliphatic rings. The molecule has 0 atom stereocenters. The van der Waals surface area contributed by atoms with Crippen LogP contribution in [0, 0.1) is 5.92 Å². The number of nitrogens with one attached hydrogen (secondary N) is 1. The first-order valence-corrected chi connectivity index (χ1v) is 8.65. The van der Waals surface area contributed by atoms with Crippen molar-refractivity contribution < 1.29 is 23.9 Å². The van der Waals surface area contributed by atoms with Crippen molar-refractivity contribution in [2.24, 2.45) is 5.92 Å². The summed E-state index contributed by atoms with van der Waals surface area (Å²) in [7, 11) is 0. The third-order valence-corrected chi connectivity index (χ3v) is 3.82. The van der Waals surface area contributed by atoms with E-state index in [0.29, 0.717) is 18.9 Å². The normalized spacial score (nSPS) is 14.4. The van der Waals surface area contributed by atoms with Crippen molar-refractivity contribution in [2.45, 2.75) is 65.2 Å². The van der Waals surface area contributed by atoms with Gasteiger partial charge < -0.3 is 10.1 Å². The van der Waals surface area contributed by atoms with E-state index >= 15 is 0 Å². The van der Waals surface area contributed by atoms with Gasteiger partial charge in [0.05, 0.1) is 0 Å². The second-order valence-corrected chi connectivity index (χ2v) is 6.45. The largest absolute Gasteiger partial charge is 0.444 e. The molecule has 1 saturated heterocycles. The lowest BCUT2D eigenvalue weighted by Crippen LogP contribution is -2.32. The lowest BCUT2D eigenvalue weighted by Gasteiger charge is -2.13. The Bertz CT molecular complexity index is 446. The second-order valence-electron chi connectivity index (χ2n) is 6.45.